The molecule has 0 saturated carbocycles. The Morgan fingerprint density at radius 1 is 1.33 bits per heavy atom. The van der Waals surface area contributed by atoms with E-state index in [1.165, 1.54) is 13.2 Å². The van der Waals surface area contributed by atoms with Crippen LogP contribution in [0.15, 0.2) is 16.7 Å². The molecule has 0 spiro atoms. The van der Waals surface area contributed by atoms with Crippen molar-refractivity contribution in [1.82, 2.24) is 10.1 Å². The largest absolute Gasteiger partial charge is 0.496 e. The van der Waals surface area contributed by atoms with Gasteiger partial charge in [0.1, 0.15) is 11.6 Å². The lowest BCUT2D eigenvalue weighted by atomic mass is 10.1. The third kappa shape index (κ3) is 2.20. The molecular formula is C13H15FN2O2. The first-order chi connectivity index (χ1) is 8.52. The van der Waals surface area contributed by atoms with E-state index in [0.717, 1.165) is 5.56 Å². The van der Waals surface area contributed by atoms with Crippen LogP contribution in [0.3, 0.4) is 0 Å². The zero-order chi connectivity index (χ0) is 13.3. The molecule has 0 aliphatic rings. The highest BCUT2D eigenvalue weighted by atomic mass is 19.1. The molecule has 5 heteroatoms. The summed E-state index contributed by atoms with van der Waals surface area (Å²) in [6.07, 6.45) is 0. The molecule has 0 radical (unpaired) electrons. The van der Waals surface area contributed by atoms with E-state index in [1.54, 1.807) is 13.0 Å². The molecule has 0 aliphatic heterocycles. The molecule has 1 heterocycles. The van der Waals surface area contributed by atoms with Gasteiger partial charge in [-0.3, -0.25) is 0 Å². The molecule has 18 heavy (non-hydrogen) atoms. The summed E-state index contributed by atoms with van der Waals surface area (Å²) in [6, 6.07) is 2.97. The zero-order valence-corrected chi connectivity index (χ0v) is 10.8. The second-order valence-electron chi connectivity index (χ2n) is 4.41. The fourth-order valence-corrected chi connectivity index (χ4v) is 1.62. The normalized spacial score (nSPS) is 11.0. The lowest BCUT2D eigenvalue weighted by Gasteiger charge is -2.06. The number of hydrogen-bond donors (Lipinski definition) is 0. The van der Waals surface area contributed by atoms with E-state index in [4.69, 9.17) is 9.26 Å². The monoisotopic (exact) mass is 250 g/mol. The summed E-state index contributed by atoms with van der Waals surface area (Å²) in [4.78, 5) is 4.17. The van der Waals surface area contributed by atoms with Crippen LogP contribution in [0.1, 0.15) is 31.2 Å². The van der Waals surface area contributed by atoms with E-state index in [0.29, 0.717) is 11.6 Å². The van der Waals surface area contributed by atoms with Crippen molar-refractivity contribution in [2.45, 2.75) is 26.7 Å². The topological polar surface area (TPSA) is 48.2 Å². The molecule has 2 aromatic rings. The van der Waals surface area contributed by atoms with Crippen molar-refractivity contribution in [3.05, 3.63) is 29.3 Å². The Labute approximate surface area is 105 Å². The van der Waals surface area contributed by atoms with Crippen molar-refractivity contribution >= 4 is 0 Å². The first kappa shape index (κ1) is 12.5. The average Bonchev–Trinajstić information content (AvgIpc) is 2.78. The number of nitrogens with zero attached hydrogens (tertiary/aromatic N) is 2. The van der Waals surface area contributed by atoms with Crippen LogP contribution in [0.2, 0.25) is 0 Å². The smallest absolute Gasteiger partial charge is 0.261 e. The summed E-state index contributed by atoms with van der Waals surface area (Å²) in [7, 11) is 1.54. The van der Waals surface area contributed by atoms with Gasteiger partial charge in [0.2, 0.25) is 0 Å². The number of hydrogen-bond acceptors (Lipinski definition) is 4. The molecule has 0 amide bonds. The number of benzene rings is 1. The minimum atomic E-state index is -0.396. The quantitative estimate of drug-likeness (QED) is 0.838. The first-order valence-electron chi connectivity index (χ1n) is 5.71. The Morgan fingerprint density at radius 3 is 2.61 bits per heavy atom. The molecule has 96 valence electrons. The van der Waals surface area contributed by atoms with Gasteiger partial charge in [-0.2, -0.15) is 4.98 Å². The van der Waals surface area contributed by atoms with Crippen LogP contribution >= 0.6 is 0 Å². The maximum absolute atomic E-state index is 13.9. The van der Waals surface area contributed by atoms with E-state index >= 15 is 0 Å². The van der Waals surface area contributed by atoms with Crippen LogP contribution in [0, 0.1) is 12.7 Å². The molecule has 4 nitrogen and oxygen atoms in total. The molecule has 0 bridgehead atoms. The van der Waals surface area contributed by atoms with E-state index in [9.17, 15) is 4.39 Å². The molecule has 1 aromatic heterocycles. The number of rotatable bonds is 3. The number of aromatic nitrogens is 2. The van der Waals surface area contributed by atoms with Gasteiger partial charge in [0, 0.05) is 5.92 Å². The summed E-state index contributed by atoms with van der Waals surface area (Å²) in [5.74, 6) is 1.07. The minimum Gasteiger partial charge on any atom is -0.496 e. The van der Waals surface area contributed by atoms with Gasteiger partial charge < -0.3 is 9.26 Å². The molecule has 2 rings (SSSR count). The molecule has 0 saturated heterocycles. The predicted octanol–water partition coefficient (Wildman–Crippen LogP) is 3.32. The fourth-order valence-electron chi connectivity index (χ4n) is 1.62. The number of methoxy groups -OCH3 is 1. The third-order valence-corrected chi connectivity index (χ3v) is 2.67. The average molecular weight is 250 g/mol. The van der Waals surface area contributed by atoms with E-state index in [2.05, 4.69) is 10.1 Å². The molecule has 0 unspecified atom stereocenters. The van der Waals surface area contributed by atoms with E-state index in [-0.39, 0.29) is 17.4 Å². The lowest BCUT2D eigenvalue weighted by Crippen LogP contribution is -1.93. The van der Waals surface area contributed by atoms with Gasteiger partial charge in [0.05, 0.1) is 12.7 Å². The second kappa shape index (κ2) is 4.76. The van der Waals surface area contributed by atoms with Gasteiger partial charge in [0.15, 0.2) is 5.82 Å². The van der Waals surface area contributed by atoms with Gasteiger partial charge in [-0.15, -0.1) is 0 Å². The molecule has 0 N–H and O–H groups in total. The Balaban J connectivity index is 2.49. The molecular weight excluding hydrogens is 235 g/mol. The third-order valence-electron chi connectivity index (χ3n) is 2.67. The van der Waals surface area contributed by atoms with Gasteiger partial charge >= 0.3 is 0 Å². The van der Waals surface area contributed by atoms with Gasteiger partial charge in [-0.05, 0) is 24.6 Å². The maximum Gasteiger partial charge on any atom is 0.261 e. The summed E-state index contributed by atoms with van der Waals surface area (Å²) in [5, 5.41) is 3.82. The summed E-state index contributed by atoms with van der Waals surface area (Å²) >= 11 is 0. The Morgan fingerprint density at radius 2 is 2.06 bits per heavy atom. The van der Waals surface area contributed by atoms with Crippen molar-refractivity contribution < 1.29 is 13.7 Å². The van der Waals surface area contributed by atoms with Gasteiger partial charge in [0.25, 0.3) is 5.89 Å². The van der Waals surface area contributed by atoms with Gasteiger partial charge in [-0.1, -0.05) is 19.0 Å². The number of ether oxygens (including phenoxy) is 1. The van der Waals surface area contributed by atoms with Crippen molar-refractivity contribution in [2.24, 2.45) is 0 Å². The van der Waals surface area contributed by atoms with Crippen LogP contribution in [0.4, 0.5) is 4.39 Å². The molecule has 0 atom stereocenters. The summed E-state index contributed by atoms with van der Waals surface area (Å²) in [5.41, 5.74) is 0.985. The Kier molecular flexibility index (Phi) is 3.32. The second-order valence-corrected chi connectivity index (χ2v) is 4.41. The first-order valence-corrected chi connectivity index (χ1v) is 5.71. The van der Waals surface area contributed by atoms with Crippen LogP contribution in [0.5, 0.6) is 5.75 Å². The number of halogens is 1. The van der Waals surface area contributed by atoms with Crippen LogP contribution in [-0.4, -0.2) is 17.3 Å². The molecule has 1 aromatic carbocycles. The summed E-state index contributed by atoms with van der Waals surface area (Å²) in [6.45, 7) is 5.67. The highest BCUT2D eigenvalue weighted by molar-refractivity contribution is 5.58. The van der Waals surface area contributed by atoms with Crippen molar-refractivity contribution in [3.8, 4) is 17.2 Å². The standard InChI is InChI=1S/C13H15FN2O2/c1-7(2)12-15-13(18-16-12)9-6-11(17-4)8(3)5-10(9)14/h5-7H,1-4H3. The van der Waals surface area contributed by atoms with E-state index in [1.807, 2.05) is 13.8 Å². The minimum absolute atomic E-state index is 0.137. The van der Waals surface area contributed by atoms with E-state index < -0.39 is 5.82 Å². The van der Waals surface area contributed by atoms with Crippen LogP contribution in [0.25, 0.3) is 11.5 Å². The van der Waals surface area contributed by atoms with Crippen LogP contribution < -0.4 is 4.74 Å². The highest BCUT2D eigenvalue weighted by Gasteiger charge is 2.17. The Bertz CT molecular complexity index is 564. The van der Waals surface area contributed by atoms with Gasteiger partial charge in [-0.25, -0.2) is 4.39 Å². The van der Waals surface area contributed by atoms with Crippen molar-refractivity contribution in [2.75, 3.05) is 7.11 Å². The molecule has 0 fully saturated rings. The maximum atomic E-state index is 13.9. The van der Waals surface area contributed by atoms with Crippen molar-refractivity contribution in [3.63, 3.8) is 0 Å². The van der Waals surface area contributed by atoms with Crippen LogP contribution in [-0.2, 0) is 0 Å². The summed E-state index contributed by atoms with van der Waals surface area (Å²) < 4.78 is 24.1. The zero-order valence-electron chi connectivity index (χ0n) is 10.8. The lowest BCUT2D eigenvalue weighted by molar-refractivity contribution is 0.406. The Hall–Kier alpha value is -1.91. The highest BCUT2D eigenvalue weighted by Crippen LogP contribution is 2.29. The van der Waals surface area contributed by atoms with Crippen molar-refractivity contribution in [1.29, 1.82) is 0 Å². The molecule has 0 aliphatic carbocycles. The number of aryl methyl sites for hydroxylation is 1. The predicted molar refractivity (Wildman–Crippen MR) is 65.1 cm³/mol. The fraction of sp³-hybridized carbons (Fsp3) is 0.385. The SMILES string of the molecule is COc1cc(-c2nc(C(C)C)no2)c(F)cc1C.